The summed E-state index contributed by atoms with van der Waals surface area (Å²) in [4.78, 5) is 26.2. The van der Waals surface area contributed by atoms with Gasteiger partial charge in [0.25, 0.3) is 5.91 Å². The van der Waals surface area contributed by atoms with Gasteiger partial charge in [-0.3, -0.25) is 9.59 Å². The Hall–Kier alpha value is -1.63. The Bertz CT molecular complexity index is 529. The number of nitrogens with zero attached hydrogens (tertiary/aromatic N) is 1. The summed E-state index contributed by atoms with van der Waals surface area (Å²) in [6, 6.07) is 7.11. The second-order valence-electron chi connectivity index (χ2n) is 6.00. The van der Waals surface area contributed by atoms with Gasteiger partial charge in [0.2, 0.25) is 5.91 Å². The molecule has 2 rings (SSSR count). The average Bonchev–Trinajstić information content (AvgIpc) is 2.88. The largest absolute Gasteiger partial charge is 0.383 e. The number of carbonyl (C=O) groups excluding carboxylic acids is 2. The fourth-order valence-electron chi connectivity index (χ4n) is 2.73. The highest BCUT2D eigenvalue weighted by atomic mass is 35.5. The van der Waals surface area contributed by atoms with E-state index in [1.165, 1.54) is 12.8 Å². The fourth-order valence-corrected chi connectivity index (χ4v) is 2.73. The lowest BCUT2D eigenvalue weighted by molar-refractivity contribution is -0.115. The van der Waals surface area contributed by atoms with E-state index in [9.17, 15) is 9.59 Å². The Balaban J connectivity index is 0.00000312. The van der Waals surface area contributed by atoms with Crippen LogP contribution in [-0.2, 0) is 9.53 Å². The monoisotopic (exact) mass is 369 g/mol. The molecule has 25 heavy (non-hydrogen) atoms. The third kappa shape index (κ3) is 7.42. The third-order valence-corrected chi connectivity index (χ3v) is 4.08. The number of amides is 2. The smallest absolute Gasteiger partial charge is 0.253 e. The Kier molecular flexibility index (Phi) is 10.1. The first-order valence-corrected chi connectivity index (χ1v) is 8.59. The van der Waals surface area contributed by atoms with Gasteiger partial charge in [-0.25, -0.2) is 0 Å². The lowest BCUT2D eigenvalue weighted by Gasteiger charge is -2.20. The van der Waals surface area contributed by atoms with Gasteiger partial charge in [0.1, 0.15) is 0 Å². The van der Waals surface area contributed by atoms with Gasteiger partial charge < -0.3 is 20.3 Å². The number of methoxy groups -OCH3 is 1. The molecule has 0 aromatic heterocycles. The average molecular weight is 370 g/mol. The molecule has 1 saturated heterocycles. The van der Waals surface area contributed by atoms with Crippen LogP contribution in [0.5, 0.6) is 0 Å². The number of halogens is 1. The first-order chi connectivity index (χ1) is 11.7. The van der Waals surface area contributed by atoms with Crippen LogP contribution in [-0.4, -0.2) is 56.6 Å². The molecule has 0 atom stereocenters. The molecule has 0 radical (unpaired) electrons. The maximum atomic E-state index is 12.5. The molecule has 0 saturated carbocycles. The highest BCUT2D eigenvalue weighted by Crippen LogP contribution is 2.15. The minimum absolute atomic E-state index is 0. The Morgan fingerprint density at radius 3 is 2.32 bits per heavy atom. The zero-order valence-corrected chi connectivity index (χ0v) is 15.6. The van der Waals surface area contributed by atoms with Gasteiger partial charge in [-0.1, -0.05) is 12.8 Å². The van der Waals surface area contributed by atoms with Crippen molar-refractivity contribution in [3.05, 3.63) is 29.8 Å². The van der Waals surface area contributed by atoms with E-state index in [4.69, 9.17) is 4.74 Å². The van der Waals surface area contributed by atoms with E-state index in [0.29, 0.717) is 24.4 Å². The van der Waals surface area contributed by atoms with Crippen molar-refractivity contribution in [2.45, 2.75) is 25.7 Å². The van der Waals surface area contributed by atoms with Gasteiger partial charge in [0, 0.05) is 38.0 Å². The molecule has 7 heteroatoms. The highest BCUT2D eigenvalue weighted by molar-refractivity contribution is 5.96. The summed E-state index contributed by atoms with van der Waals surface area (Å²) >= 11 is 0. The normalized spacial score (nSPS) is 14.4. The van der Waals surface area contributed by atoms with Crippen molar-refractivity contribution in [1.29, 1.82) is 0 Å². The molecule has 1 heterocycles. The van der Waals surface area contributed by atoms with Gasteiger partial charge in [-0.05, 0) is 37.1 Å². The van der Waals surface area contributed by atoms with Gasteiger partial charge in [0.05, 0.1) is 13.2 Å². The molecule has 2 N–H and O–H groups in total. The molecule has 0 spiro atoms. The van der Waals surface area contributed by atoms with E-state index in [1.807, 2.05) is 4.90 Å². The van der Waals surface area contributed by atoms with Crippen molar-refractivity contribution in [3.63, 3.8) is 0 Å². The van der Waals surface area contributed by atoms with Crippen molar-refractivity contribution in [2.24, 2.45) is 0 Å². The second kappa shape index (κ2) is 11.8. The molecule has 0 unspecified atom stereocenters. The second-order valence-corrected chi connectivity index (χ2v) is 6.00. The minimum atomic E-state index is -0.113. The summed E-state index contributed by atoms with van der Waals surface area (Å²) in [7, 11) is 1.62. The van der Waals surface area contributed by atoms with Crippen LogP contribution in [0.1, 0.15) is 36.0 Å². The van der Waals surface area contributed by atoms with E-state index in [-0.39, 0.29) is 30.8 Å². The summed E-state index contributed by atoms with van der Waals surface area (Å²) in [5, 5.41) is 5.79. The number of ether oxygens (including phenoxy) is 1. The van der Waals surface area contributed by atoms with E-state index in [0.717, 1.165) is 25.9 Å². The Morgan fingerprint density at radius 1 is 1.08 bits per heavy atom. The predicted octanol–water partition coefficient (Wildman–Crippen LogP) is 2.30. The summed E-state index contributed by atoms with van der Waals surface area (Å²) in [6.45, 7) is 3.11. The lowest BCUT2D eigenvalue weighted by atomic mass is 10.1. The van der Waals surface area contributed by atoms with Crippen LogP contribution in [0, 0.1) is 0 Å². The number of hydrogen-bond acceptors (Lipinski definition) is 4. The molecule has 140 valence electrons. The van der Waals surface area contributed by atoms with Crippen LogP contribution in [0.4, 0.5) is 5.69 Å². The van der Waals surface area contributed by atoms with E-state index >= 15 is 0 Å². The molecule has 6 nitrogen and oxygen atoms in total. The number of rotatable bonds is 7. The van der Waals surface area contributed by atoms with Crippen LogP contribution in [0.2, 0.25) is 0 Å². The molecule has 1 aromatic carbocycles. The van der Waals surface area contributed by atoms with E-state index in [1.54, 1.807) is 31.4 Å². The van der Waals surface area contributed by atoms with Crippen molar-refractivity contribution < 1.29 is 14.3 Å². The van der Waals surface area contributed by atoms with Crippen LogP contribution >= 0.6 is 12.4 Å². The van der Waals surface area contributed by atoms with Crippen molar-refractivity contribution in [2.75, 3.05) is 45.2 Å². The maximum absolute atomic E-state index is 12.5. The lowest BCUT2D eigenvalue weighted by Crippen LogP contribution is -2.32. The first kappa shape index (κ1) is 21.4. The SMILES string of the molecule is COCCNCC(=O)Nc1ccc(C(=O)N2CCCCCC2)cc1.Cl. The zero-order chi connectivity index (χ0) is 17.2. The molecule has 0 bridgehead atoms. The van der Waals surface area contributed by atoms with Crippen LogP contribution < -0.4 is 10.6 Å². The van der Waals surface area contributed by atoms with Gasteiger partial charge in [0.15, 0.2) is 0 Å². The number of anilines is 1. The molecular formula is C18H28ClN3O3. The Labute approximate surface area is 155 Å². The molecule has 1 aliphatic heterocycles. The quantitative estimate of drug-likeness (QED) is 0.723. The van der Waals surface area contributed by atoms with Crippen molar-refractivity contribution >= 4 is 29.9 Å². The topological polar surface area (TPSA) is 70.7 Å². The van der Waals surface area contributed by atoms with Gasteiger partial charge in [-0.2, -0.15) is 0 Å². The third-order valence-electron chi connectivity index (χ3n) is 4.08. The Morgan fingerprint density at radius 2 is 1.72 bits per heavy atom. The van der Waals surface area contributed by atoms with Gasteiger partial charge >= 0.3 is 0 Å². The van der Waals surface area contributed by atoms with Gasteiger partial charge in [-0.15, -0.1) is 12.4 Å². The minimum Gasteiger partial charge on any atom is -0.383 e. The fraction of sp³-hybridized carbons (Fsp3) is 0.556. The molecule has 1 aromatic rings. The van der Waals surface area contributed by atoms with E-state index in [2.05, 4.69) is 10.6 Å². The number of likely N-dealkylation sites (tertiary alicyclic amines) is 1. The van der Waals surface area contributed by atoms with Crippen molar-refractivity contribution in [3.8, 4) is 0 Å². The maximum Gasteiger partial charge on any atom is 0.253 e. The van der Waals surface area contributed by atoms with Crippen LogP contribution in [0.25, 0.3) is 0 Å². The summed E-state index contributed by atoms with van der Waals surface area (Å²) in [6.07, 6.45) is 4.56. The highest BCUT2D eigenvalue weighted by Gasteiger charge is 2.17. The number of carbonyl (C=O) groups is 2. The summed E-state index contributed by atoms with van der Waals surface area (Å²) < 4.78 is 4.91. The number of hydrogen-bond donors (Lipinski definition) is 2. The molecule has 0 aliphatic carbocycles. The summed E-state index contributed by atoms with van der Waals surface area (Å²) in [5.41, 5.74) is 1.37. The van der Waals surface area contributed by atoms with Crippen molar-refractivity contribution in [1.82, 2.24) is 10.2 Å². The number of benzene rings is 1. The predicted molar refractivity (Wildman–Crippen MR) is 101 cm³/mol. The standard InChI is InChI=1S/C18H27N3O3.ClH/c1-24-13-10-19-14-17(22)20-16-8-6-15(7-9-16)18(23)21-11-4-2-3-5-12-21;/h6-9,19H,2-5,10-14H2,1H3,(H,20,22);1H. The number of nitrogens with one attached hydrogen (secondary N) is 2. The van der Waals surface area contributed by atoms with Crippen LogP contribution in [0.3, 0.4) is 0 Å². The summed E-state index contributed by atoms with van der Waals surface area (Å²) in [5.74, 6) is -0.0336. The van der Waals surface area contributed by atoms with E-state index < -0.39 is 0 Å². The molecule has 1 fully saturated rings. The molecule has 1 aliphatic rings. The molecule has 2 amide bonds. The first-order valence-electron chi connectivity index (χ1n) is 8.59. The van der Waals surface area contributed by atoms with Crippen LogP contribution in [0.15, 0.2) is 24.3 Å². The zero-order valence-electron chi connectivity index (χ0n) is 14.8. The molecular weight excluding hydrogens is 342 g/mol.